The van der Waals surface area contributed by atoms with Crippen molar-refractivity contribution in [3.05, 3.63) is 39.9 Å². The van der Waals surface area contributed by atoms with Crippen molar-refractivity contribution in [2.75, 3.05) is 25.1 Å². The molecule has 1 aliphatic heterocycles. The highest BCUT2D eigenvalue weighted by Crippen LogP contribution is 2.29. The summed E-state index contributed by atoms with van der Waals surface area (Å²) in [5.74, 6) is 1.70. The van der Waals surface area contributed by atoms with E-state index in [1.54, 1.807) is 18.3 Å². The van der Waals surface area contributed by atoms with Crippen molar-refractivity contribution in [2.24, 2.45) is 0 Å². The summed E-state index contributed by atoms with van der Waals surface area (Å²) in [5.41, 5.74) is 0.647. The Hall–Kier alpha value is -2.54. The van der Waals surface area contributed by atoms with Gasteiger partial charge in [0.2, 0.25) is 0 Å². The molecule has 7 nitrogen and oxygen atoms in total. The number of ether oxygens (including phenoxy) is 1. The van der Waals surface area contributed by atoms with E-state index in [0.717, 1.165) is 18.8 Å². The van der Waals surface area contributed by atoms with Crippen molar-refractivity contribution >= 4 is 28.6 Å². The second-order valence-corrected chi connectivity index (χ2v) is 5.78. The molecule has 3 aromatic rings. The lowest BCUT2D eigenvalue weighted by Gasteiger charge is -2.18. The van der Waals surface area contributed by atoms with Crippen molar-refractivity contribution in [3.8, 4) is 11.6 Å². The van der Waals surface area contributed by atoms with E-state index in [-0.39, 0.29) is 5.69 Å². The second-order valence-electron chi connectivity index (χ2n) is 5.37. The van der Waals surface area contributed by atoms with Crippen LogP contribution in [0, 0.1) is 0 Å². The fourth-order valence-corrected chi connectivity index (χ4v) is 2.90. The molecule has 0 radical (unpaired) electrons. The van der Waals surface area contributed by atoms with Crippen molar-refractivity contribution in [3.63, 3.8) is 0 Å². The number of imidazole rings is 1. The Morgan fingerprint density at radius 1 is 1.35 bits per heavy atom. The Bertz CT molecular complexity index is 949. The Morgan fingerprint density at radius 3 is 3.09 bits per heavy atom. The quantitative estimate of drug-likeness (QED) is 0.681. The van der Waals surface area contributed by atoms with E-state index in [0.29, 0.717) is 34.4 Å². The van der Waals surface area contributed by atoms with Gasteiger partial charge >= 0.3 is 5.69 Å². The smallest absolute Gasteiger partial charge is 0.333 e. The van der Waals surface area contributed by atoms with Gasteiger partial charge < -0.3 is 9.64 Å². The van der Waals surface area contributed by atoms with Crippen LogP contribution in [0.25, 0.3) is 17.0 Å². The molecule has 0 amide bonds. The van der Waals surface area contributed by atoms with E-state index in [1.807, 2.05) is 18.0 Å². The number of hydrogen-bond donors (Lipinski definition) is 1. The van der Waals surface area contributed by atoms with Crippen LogP contribution in [0.1, 0.15) is 6.42 Å². The predicted molar refractivity (Wildman–Crippen MR) is 87.9 cm³/mol. The van der Waals surface area contributed by atoms with E-state index < -0.39 is 0 Å². The predicted octanol–water partition coefficient (Wildman–Crippen LogP) is 1.98. The Labute approximate surface area is 136 Å². The maximum atomic E-state index is 12.4. The first kappa shape index (κ1) is 14.1. The number of nitrogens with zero attached hydrogens (tertiary/aromatic N) is 4. The average molecular weight is 332 g/mol. The molecule has 0 unspecified atom stereocenters. The van der Waals surface area contributed by atoms with E-state index in [4.69, 9.17) is 16.3 Å². The van der Waals surface area contributed by atoms with Gasteiger partial charge in [-0.2, -0.15) is 0 Å². The van der Waals surface area contributed by atoms with Crippen LogP contribution in [0.5, 0.6) is 5.75 Å². The van der Waals surface area contributed by atoms with Crippen LogP contribution >= 0.6 is 11.6 Å². The highest BCUT2D eigenvalue weighted by atomic mass is 35.5. The molecular weight excluding hydrogens is 318 g/mol. The summed E-state index contributed by atoms with van der Waals surface area (Å²) in [4.78, 5) is 25.9. The Morgan fingerprint density at radius 2 is 2.22 bits per heavy atom. The van der Waals surface area contributed by atoms with Crippen LogP contribution in [0.15, 0.2) is 29.2 Å². The van der Waals surface area contributed by atoms with Crippen LogP contribution in [0.4, 0.5) is 5.82 Å². The molecule has 0 aromatic carbocycles. The van der Waals surface area contributed by atoms with Gasteiger partial charge in [-0.1, -0.05) is 11.6 Å². The molecule has 4 rings (SSSR count). The number of nitrogens with one attached hydrogen (secondary N) is 1. The molecule has 1 aliphatic rings. The van der Waals surface area contributed by atoms with Crippen molar-refractivity contribution < 1.29 is 4.74 Å². The van der Waals surface area contributed by atoms with Gasteiger partial charge in [-0.25, -0.2) is 19.3 Å². The monoisotopic (exact) mass is 331 g/mol. The van der Waals surface area contributed by atoms with E-state index in [1.165, 1.54) is 4.57 Å². The standard InChI is InChI=1S/C15H14ClN5O2/c1-20-7-2-8-23-10-5-6-17-13-12(10)21(15(22)19-13)14-9(16)3-4-11(20)18-14/h3-6H,2,7-8H2,1H3,(H,17,19,22). The van der Waals surface area contributed by atoms with Gasteiger partial charge in [-0.05, 0) is 18.6 Å². The lowest BCUT2D eigenvalue weighted by Crippen LogP contribution is -2.22. The molecule has 4 heterocycles. The lowest BCUT2D eigenvalue weighted by atomic mass is 10.3. The molecule has 0 saturated heterocycles. The maximum absolute atomic E-state index is 12.4. The average Bonchev–Trinajstić information content (AvgIpc) is 2.87. The van der Waals surface area contributed by atoms with Crippen LogP contribution < -0.4 is 15.3 Å². The molecule has 0 fully saturated rings. The second kappa shape index (κ2) is 5.27. The van der Waals surface area contributed by atoms with Gasteiger partial charge in [0, 0.05) is 25.9 Å². The summed E-state index contributed by atoms with van der Waals surface area (Å²) in [6.07, 6.45) is 2.43. The topological polar surface area (TPSA) is 76.0 Å². The number of hydrogen-bond acceptors (Lipinski definition) is 5. The molecule has 8 heteroatoms. The van der Waals surface area contributed by atoms with Gasteiger partial charge in [-0.15, -0.1) is 0 Å². The number of anilines is 1. The minimum absolute atomic E-state index is 0.350. The number of pyridine rings is 2. The number of rotatable bonds is 0. The van der Waals surface area contributed by atoms with Crippen LogP contribution in [0.2, 0.25) is 5.02 Å². The molecule has 2 bridgehead atoms. The zero-order valence-corrected chi connectivity index (χ0v) is 13.2. The molecular formula is C15H14ClN5O2. The summed E-state index contributed by atoms with van der Waals surface area (Å²) in [6.45, 7) is 1.32. The molecule has 0 saturated carbocycles. The first-order chi connectivity index (χ1) is 11.1. The van der Waals surface area contributed by atoms with Gasteiger partial charge in [0.1, 0.15) is 17.1 Å². The van der Waals surface area contributed by atoms with Crippen molar-refractivity contribution in [1.29, 1.82) is 0 Å². The summed E-state index contributed by atoms with van der Waals surface area (Å²) in [5, 5.41) is 0.388. The highest BCUT2D eigenvalue weighted by Gasteiger charge is 2.19. The highest BCUT2D eigenvalue weighted by molar-refractivity contribution is 6.32. The fourth-order valence-electron chi connectivity index (χ4n) is 2.71. The SMILES string of the molecule is CN1CCCOc2ccnc3[nH]c(=O)n(c23)-c2nc1ccc2Cl. The number of halogens is 1. The lowest BCUT2D eigenvalue weighted by molar-refractivity contribution is 0.315. The molecule has 1 N–H and O–H groups in total. The molecule has 3 aromatic heterocycles. The van der Waals surface area contributed by atoms with Crippen LogP contribution in [0.3, 0.4) is 0 Å². The van der Waals surface area contributed by atoms with Crippen LogP contribution in [-0.4, -0.2) is 39.7 Å². The summed E-state index contributed by atoms with van der Waals surface area (Å²) in [6, 6.07) is 5.32. The third-order valence-electron chi connectivity index (χ3n) is 3.85. The van der Waals surface area contributed by atoms with Gasteiger partial charge in [0.05, 0.1) is 11.6 Å². The first-order valence-electron chi connectivity index (χ1n) is 7.26. The number of fused-ring (bicyclic) bond motifs is 3. The van der Waals surface area contributed by atoms with Gasteiger partial charge in [0.15, 0.2) is 11.5 Å². The van der Waals surface area contributed by atoms with Crippen LogP contribution in [-0.2, 0) is 0 Å². The van der Waals surface area contributed by atoms with Crippen molar-refractivity contribution in [1.82, 2.24) is 19.5 Å². The van der Waals surface area contributed by atoms with E-state index in [9.17, 15) is 4.79 Å². The molecule has 23 heavy (non-hydrogen) atoms. The first-order valence-corrected chi connectivity index (χ1v) is 7.63. The molecule has 0 aliphatic carbocycles. The van der Waals surface area contributed by atoms with E-state index >= 15 is 0 Å². The maximum Gasteiger partial charge on any atom is 0.333 e. The summed E-state index contributed by atoms with van der Waals surface area (Å²) in [7, 11) is 1.95. The van der Waals surface area contributed by atoms with Crippen molar-refractivity contribution in [2.45, 2.75) is 6.42 Å². The normalized spacial score (nSPS) is 14.4. The molecule has 0 spiro atoms. The molecule has 0 atom stereocenters. The minimum Gasteiger partial charge on any atom is -0.491 e. The summed E-state index contributed by atoms with van der Waals surface area (Å²) < 4.78 is 7.27. The Balaban J connectivity index is 2.10. The van der Waals surface area contributed by atoms with Gasteiger partial charge in [0.25, 0.3) is 0 Å². The third kappa shape index (κ3) is 2.24. The molecule has 118 valence electrons. The third-order valence-corrected chi connectivity index (χ3v) is 4.15. The number of aromatic nitrogens is 4. The minimum atomic E-state index is -0.350. The number of aromatic amines is 1. The summed E-state index contributed by atoms with van der Waals surface area (Å²) >= 11 is 6.30. The zero-order chi connectivity index (χ0) is 16.0. The van der Waals surface area contributed by atoms with E-state index in [2.05, 4.69) is 15.0 Å². The number of H-pyrrole nitrogens is 1. The zero-order valence-electron chi connectivity index (χ0n) is 12.4. The van der Waals surface area contributed by atoms with Gasteiger partial charge in [-0.3, -0.25) is 4.98 Å². The fraction of sp³-hybridized carbons (Fsp3) is 0.267. The largest absolute Gasteiger partial charge is 0.491 e. The Kier molecular flexibility index (Phi) is 3.23.